The van der Waals surface area contributed by atoms with E-state index in [4.69, 9.17) is 4.74 Å². The Hall–Kier alpha value is -3.02. The number of hydrogen-bond donors (Lipinski definition) is 0. The summed E-state index contributed by atoms with van der Waals surface area (Å²) in [6, 6.07) is 16.9. The van der Waals surface area contributed by atoms with Gasteiger partial charge >= 0.3 is 5.97 Å². The van der Waals surface area contributed by atoms with Crippen molar-refractivity contribution < 1.29 is 19.2 Å². The summed E-state index contributed by atoms with van der Waals surface area (Å²) in [4.78, 5) is 36.1. The molecule has 6 nitrogen and oxygen atoms in total. The van der Waals surface area contributed by atoms with Crippen molar-refractivity contribution in [3.8, 4) is 0 Å². The summed E-state index contributed by atoms with van der Waals surface area (Å²) < 4.78 is 5.05. The van der Waals surface area contributed by atoms with E-state index in [1.54, 1.807) is 67.6 Å². The van der Waals surface area contributed by atoms with Gasteiger partial charge in [-0.2, -0.15) is 0 Å². The molecule has 2 aromatic rings. The monoisotopic (exact) mass is 341 g/mol. The molecule has 2 unspecified atom stereocenters. The van der Waals surface area contributed by atoms with Crippen LogP contribution in [0.15, 0.2) is 60.7 Å². The third-order valence-corrected chi connectivity index (χ3v) is 3.86. The van der Waals surface area contributed by atoms with E-state index in [1.807, 2.05) is 0 Å². The largest absolute Gasteiger partial charge is 0.465 e. The summed E-state index contributed by atoms with van der Waals surface area (Å²) in [5.74, 6) is -3.39. The first-order valence-corrected chi connectivity index (χ1v) is 7.97. The minimum atomic E-state index is -1.27. The minimum Gasteiger partial charge on any atom is -0.465 e. The van der Waals surface area contributed by atoms with Crippen LogP contribution >= 0.6 is 0 Å². The average molecular weight is 341 g/mol. The van der Waals surface area contributed by atoms with Crippen molar-refractivity contribution in [1.82, 2.24) is 0 Å². The number of hydrogen-bond acceptors (Lipinski definition) is 5. The second kappa shape index (κ2) is 8.73. The quantitative estimate of drug-likeness (QED) is 0.242. The van der Waals surface area contributed by atoms with Gasteiger partial charge in [0.25, 0.3) is 0 Å². The van der Waals surface area contributed by atoms with E-state index in [1.165, 1.54) is 0 Å². The lowest BCUT2D eigenvalue weighted by molar-refractivity contribution is -0.484. The van der Waals surface area contributed by atoms with Crippen molar-refractivity contribution in [3.63, 3.8) is 0 Å². The predicted octanol–water partition coefficient (Wildman–Crippen LogP) is 3.11. The molecular formula is C19H19NO5. The smallest absolute Gasteiger partial charge is 0.317 e. The zero-order chi connectivity index (χ0) is 18.2. The van der Waals surface area contributed by atoms with Gasteiger partial charge in [-0.05, 0) is 12.5 Å². The number of ketones is 1. The fraction of sp³-hybridized carbons (Fsp3) is 0.263. The van der Waals surface area contributed by atoms with Gasteiger partial charge in [0.15, 0.2) is 5.78 Å². The summed E-state index contributed by atoms with van der Waals surface area (Å²) in [6.45, 7) is 1.19. The van der Waals surface area contributed by atoms with Crippen LogP contribution in [0.3, 0.4) is 0 Å². The van der Waals surface area contributed by atoms with Gasteiger partial charge in [-0.15, -0.1) is 0 Å². The highest BCUT2D eigenvalue weighted by Crippen LogP contribution is 2.29. The van der Waals surface area contributed by atoms with Crippen LogP contribution in [0.25, 0.3) is 0 Å². The van der Waals surface area contributed by atoms with Gasteiger partial charge in [0.1, 0.15) is 5.92 Å². The Balaban J connectivity index is 2.48. The second-order valence-electron chi connectivity index (χ2n) is 5.49. The molecule has 0 spiro atoms. The lowest BCUT2D eigenvalue weighted by Gasteiger charge is -2.22. The van der Waals surface area contributed by atoms with Gasteiger partial charge in [-0.1, -0.05) is 60.7 Å². The van der Waals surface area contributed by atoms with E-state index < -0.39 is 35.1 Å². The number of Topliss-reactive ketones (excluding diaryl/α,β-unsaturated/α-hetero) is 1. The third kappa shape index (κ3) is 4.73. The van der Waals surface area contributed by atoms with Crippen molar-refractivity contribution in [3.05, 3.63) is 81.9 Å². The van der Waals surface area contributed by atoms with E-state index in [0.29, 0.717) is 11.1 Å². The molecule has 0 aliphatic heterocycles. The summed E-state index contributed by atoms with van der Waals surface area (Å²) in [7, 11) is 0. The van der Waals surface area contributed by atoms with Crippen LogP contribution in [0.2, 0.25) is 0 Å². The first-order chi connectivity index (χ1) is 12.0. The van der Waals surface area contributed by atoms with Gasteiger partial charge in [-0.3, -0.25) is 19.7 Å². The molecule has 0 N–H and O–H groups in total. The number of ether oxygens (including phenoxy) is 1. The Labute approximate surface area is 145 Å². The Morgan fingerprint density at radius 2 is 1.60 bits per heavy atom. The van der Waals surface area contributed by atoms with Crippen LogP contribution in [0.4, 0.5) is 0 Å². The molecule has 0 fully saturated rings. The Morgan fingerprint density at radius 1 is 1.04 bits per heavy atom. The molecule has 6 heteroatoms. The lowest BCUT2D eigenvalue weighted by Crippen LogP contribution is -2.35. The Bertz CT molecular complexity index is 730. The maximum absolute atomic E-state index is 12.9. The molecule has 130 valence electrons. The molecule has 2 aromatic carbocycles. The van der Waals surface area contributed by atoms with Gasteiger partial charge in [0.05, 0.1) is 12.5 Å². The highest BCUT2D eigenvalue weighted by molar-refractivity contribution is 6.09. The van der Waals surface area contributed by atoms with Crippen molar-refractivity contribution >= 4 is 11.8 Å². The number of nitrogens with zero attached hydrogens (tertiary/aromatic N) is 1. The number of carbonyl (C=O) groups excluding carboxylic acids is 2. The normalized spacial score (nSPS) is 12.8. The molecule has 0 aliphatic rings. The number of esters is 1. The summed E-state index contributed by atoms with van der Waals surface area (Å²) in [6.07, 6.45) is 0. The molecule has 0 bridgehead atoms. The van der Waals surface area contributed by atoms with E-state index >= 15 is 0 Å². The van der Waals surface area contributed by atoms with Crippen LogP contribution in [-0.4, -0.2) is 29.8 Å². The highest BCUT2D eigenvalue weighted by atomic mass is 16.6. The Kier molecular flexibility index (Phi) is 6.39. The zero-order valence-electron chi connectivity index (χ0n) is 13.8. The van der Waals surface area contributed by atoms with Crippen molar-refractivity contribution in [2.24, 2.45) is 5.92 Å². The van der Waals surface area contributed by atoms with Crippen LogP contribution in [0.5, 0.6) is 0 Å². The molecule has 0 saturated heterocycles. The second-order valence-corrected chi connectivity index (χ2v) is 5.49. The summed E-state index contributed by atoms with van der Waals surface area (Å²) >= 11 is 0. The number of benzene rings is 2. The van der Waals surface area contributed by atoms with E-state index in [9.17, 15) is 19.7 Å². The van der Waals surface area contributed by atoms with E-state index in [-0.39, 0.29) is 6.61 Å². The fourth-order valence-electron chi connectivity index (χ4n) is 2.73. The summed E-state index contributed by atoms with van der Waals surface area (Å²) in [5, 5.41) is 11.2. The van der Waals surface area contributed by atoms with Crippen LogP contribution in [0, 0.1) is 16.0 Å². The molecule has 0 saturated carbocycles. The van der Waals surface area contributed by atoms with Crippen LogP contribution < -0.4 is 0 Å². The standard InChI is InChI=1S/C19H19NO5/c1-2-25-19(22)17(18(21)15-11-7-4-8-12-15)16(13-20(23)24)14-9-5-3-6-10-14/h3-12,16-17H,2,13H2,1H3. The van der Waals surface area contributed by atoms with Crippen molar-refractivity contribution in [2.45, 2.75) is 12.8 Å². The topological polar surface area (TPSA) is 86.5 Å². The van der Waals surface area contributed by atoms with Crippen LogP contribution in [-0.2, 0) is 9.53 Å². The average Bonchev–Trinajstić information content (AvgIpc) is 2.62. The van der Waals surface area contributed by atoms with E-state index in [0.717, 1.165) is 0 Å². The molecule has 0 amide bonds. The molecule has 0 aromatic heterocycles. The molecule has 0 aliphatic carbocycles. The maximum Gasteiger partial charge on any atom is 0.317 e. The first kappa shape index (κ1) is 18.3. The Morgan fingerprint density at radius 3 is 2.12 bits per heavy atom. The molecule has 2 atom stereocenters. The van der Waals surface area contributed by atoms with Gasteiger partial charge in [0, 0.05) is 10.5 Å². The molecule has 2 rings (SSSR count). The number of rotatable bonds is 8. The first-order valence-electron chi connectivity index (χ1n) is 7.97. The van der Waals surface area contributed by atoms with Crippen LogP contribution in [0.1, 0.15) is 28.8 Å². The van der Waals surface area contributed by atoms with Gasteiger partial charge in [0.2, 0.25) is 6.54 Å². The van der Waals surface area contributed by atoms with Gasteiger partial charge < -0.3 is 4.74 Å². The van der Waals surface area contributed by atoms with Crippen molar-refractivity contribution in [2.75, 3.05) is 13.2 Å². The van der Waals surface area contributed by atoms with Crippen molar-refractivity contribution in [1.29, 1.82) is 0 Å². The molecular weight excluding hydrogens is 322 g/mol. The number of carbonyl (C=O) groups is 2. The zero-order valence-corrected chi connectivity index (χ0v) is 13.8. The van der Waals surface area contributed by atoms with Gasteiger partial charge in [-0.25, -0.2) is 0 Å². The molecule has 0 heterocycles. The fourth-order valence-corrected chi connectivity index (χ4v) is 2.73. The number of nitro groups is 1. The molecule has 0 radical (unpaired) electrons. The predicted molar refractivity (Wildman–Crippen MR) is 91.9 cm³/mol. The third-order valence-electron chi connectivity index (χ3n) is 3.86. The minimum absolute atomic E-state index is 0.0946. The summed E-state index contributed by atoms with van der Waals surface area (Å²) in [5.41, 5.74) is 0.881. The highest BCUT2D eigenvalue weighted by Gasteiger charge is 2.40. The van der Waals surface area contributed by atoms with E-state index in [2.05, 4.69) is 0 Å². The lowest BCUT2D eigenvalue weighted by atomic mass is 9.81. The molecule has 25 heavy (non-hydrogen) atoms. The SMILES string of the molecule is CCOC(=O)C(C(=O)c1ccccc1)C(C[N+](=O)[O-])c1ccccc1. The maximum atomic E-state index is 12.9.